The van der Waals surface area contributed by atoms with Gasteiger partial charge in [-0.05, 0) is 30.9 Å². The molecule has 0 radical (unpaired) electrons. The van der Waals surface area contributed by atoms with Crippen molar-refractivity contribution in [3.63, 3.8) is 0 Å². The normalized spacial score (nSPS) is 12.1. The molecule has 4 amide bonds. The number of hydrogen-bond donors (Lipinski definition) is 4. The zero-order valence-electron chi connectivity index (χ0n) is 17.5. The van der Waals surface area contributed by atoms with E-state index in [1.807, 2.05) is 30.3 Å². The zero-order chi connectivity index (χ0) is 21.5. The molecule has 0 aromatic heterocycles. The Hall–Kier alpha value is -2.83. The van der Waals surface area contributed by atoms with Crippen molar-refractivity contribution in [2.75, 3.05) is 13.1 Å². The van der Waals surface area contributed by atoms with Gasteiger partial charge in [-0.3, -0.25) is 9.59 Å². The lowest BCUT2D eigenvalue weighted by atomic mass is 10.1. The average Bonchev–Trinajstić information content (AvgIpc) is 2.71. The fraction of sp³-hybridized carbons (Fsp3) is 0.500. The molecule has 0 fully saturated rings. The molecule has 0 aliphatic heterocycles. The van der Waals surface area contributed by atoms with Crippen LogP contribution in [0, 0.1) is 0 Å². The molecule has 7 nitrogen and oxygen atoms in total. The number of unbranched alkanes of at least 4 members (excludes halogenated alkanes) is 3. The van der Waals surface area contributed by atoms with E-state index in [-0.39, 0.29) is 5.91 Å². The van der Waals surface area contributed by atoms with E-state index < -0.39 is 18.0 Å². The van der Waals surface area contributed by atoms with E-state index >= 15 is 0 Å². The lowest BCUT2D eigenvalue weighted by Gasteiger charge is -2.17. The van der Waals surface area contributed by atoms with E-state index in [0.29, 0.717) is 31.5 Å². The van der Waals surface area contributed by atoms with E-state index in [1.165, 1.54) is 6.08 Å². The number of carbonyl (C=O) groups excluding carboxylic acids is 3. The number of urea groups is 1. The molecule has 1 atom stereocenters. The van der Waals surface area contributed by atoms with Crippen molar-refractivity contribution in [3.05, 3.63) is 47.5 Å². The standard InChI is InChI=1S/C22H34N4O3/c1-3-5-6-10-14-25-22(29)26-19(16-18(4-2)20(23)27)21(28)24-15-13-17-11-8-7-9-12-17/h7-9,11-12,16,19H,3-6,10,13-15H2,1-2H3,(H2,23,27)(H,24,28)(H2,25,26,29)/b18-16-. The summed E-state index contributed by atoms with van der Waals surface area (Å²) in [6.45, 7) is 4.85. The van der Waals surface area contributed by atoms with Gasteiger partial charge in [0.2, 0.25) is 11.8 Å². The molecule has 0 spiro atoms. The van der Waals surface area contributed by atoms with Crippen LogP contribution in [0.15, 0.2) is 42.0 Å². The van der Waals surface area contributed by atoms with Gasteiger partial charge in [0.15, 0.2) is 0 Å². The minimum Gasteiger partial charge on any atom is -0.366 e. The Morgan fingerprint density at radius 1 is 1.00 bits per heavy atom. The SMILES string of the molecule is CCCCCCNC(=O)NC(/C=C(/CC)C(N)=O)C(=O)NCCc1ccccc1. The second-order valence-corrected chi connectivity index (χ2v) is 6.87. The van der Waals surface area contributed by atoms with Gasteiger partial charge in [0, 0.05) is 18.7 Å². The second kappa shape index (κ2) is 14.2. The average molecular weight is 403 g/mol. The van der Waals surface area contributed by atoms with Crippen LogP contribution in [0.25, 0.3) is 0 Å². The predicted octanol–water partition coefficient (Wildman–Crippen LogP) is 2.42. The van der Waals surface area contributed by atoms with Gasteiger partial charge >= 0.3 is 6.03 Å². The Labute approximate surface area is 173 Å². The first-order valence-electron chi connectivity index (χ1n) is 10.3. The van der Waals surface area contributed by atoms with Crippen LogP contribution in [0.4, 0.5) is 4.79 Å². The Kier molecular flexibility index (Phi) is 11.9. The van der Waals surface area contributed by atoms with Crippen LogP contribution >= 0.6 is 0 Å². The number of carbonyl (C=O) groups is 3. The smallest absolute Gasteiger partial charge is 0.315 e. The molecule has 0 saturated heterocycles. The Balaban J connectivity index is 2.65. The highest BCUT2D eigenvalue weighted by Gasteiger charge is 2.20. The maximum Gasteiger partial charge on any atom is 0.315 e. The summed E-state index contributed by atoms with van der Waals surface area (Å²) >= 11 is 0. The Morgan fingerprint density at radius 3 is 2.34 bits per heavy atom. The number of benzene rings is 1. The number of primary amides is 1. The molecule has 1 rings (SSSR count). The first kappa shape index (κ1) is 24.2. The number of hydrogen-bond acceptors (Lipinski definition) is 3. The molecule has 0 aliphatic rings. The van der Waals surface area contributed by atoms with E-state index in [2.05, 4.69) is 22.9 Å². The van der Waals surface area contributed by atoms with E-state index in [4.69, 9.17) is 5.73 Å². The predicted molar refractivity (Wildman–Crippen MR) is 115 cm³/mol. The van der Waals surface area contributed by atoms with Crippen LogP contribution in [-0.4, -0.2) is 37.0 Å². The Morgan fingerprint density at radius 2 is 1.72 bits per heavy atom. The fourth-order valence-electron chi connectivity index (χ4n) is 2.79. The van der Waals surface area contributed by atoms with Gasteiger partial charge in [-0.2, -0.15) is 0 Å². The van der Waals surface area contributed by atoms with Gasteiger partial charge in [0.1, 0.15) is 6.04 Å². The van der Waals surface area contributed by atoms with Gasteiger partial charge in [0.05, 0.1) is 0 Å². The van der Waals surface area contributed by atoms with E-state index in [9.17, 15) is 14.4 Å². The molecule has 1 aromatic carbocycles. The molecule has 0 saturated carbocycles. The molecular formula is C22H34N4O3. The monoisotopic (exact) mass is 402 g/mol. The van der Waals surface area contributed by atoms with Gasteiger partial charge in [0.25, 0.3) is 0 Å². The molecule has 0 aliphatic carbocycles. The lowest BCUT2D eigenvalue weighted by molar-refractivity contribution is -0.121. The van der Waals surface area contributed by atoms with Crippen molar-refractivity contribution in [3.8, 4) is 0 Å². The molecule has 7 heteroatoms. The quantitative estimate of drug-likeness (QED) is 0.300. The first-order valence-corrected chi connectivity index (χ1v) is 10.3. The summed E-state index contributed by atoms with van der Waals surface area (Å²) in [7, 11) is 0. The van der Waals surface area contributed by atoms with E-state index in [1.54, 1.807) is 6.92 Å². The van der Waals surface area contributed by atoms with Gasteiger partial charge in [-0.15, -0.1) is 0 Å². The summed E-state index contributed by atoms with van der Waals surface area (Å²) in [4.78, 5) is 36.3. The summed E-state index contributed by atoms with van der Waals surface area (Å²) in [6, 6.07) is 8.37. The minimum absolute atomic E-state index is 0.302. The highest BCUT2D eigenvalue weighted by atomic mass is 16.2. The van der Waals surface area contributed by atoms with Crippen molar-refractivity contribution in [2.24, 2.45) is 5.73 Å². The number of nitrogens with one attached hydrogen (secondary N) is 3. The number of nitrogens with two attached hydrogens (primary N) is 1. The summed E-state index contributed by atoms with van der Waals surface area (Å²) in [5.41, 5.74) is 6.77. The molecular weight excluding hydrogens is 368 g/mol. The third kappa shape index (κ3) is 10.3. The van der Waals surface area contributed by atoms with Crippen LogP contribution in [0.1, 0.15) is 51.5 Å². The maximum atomic E-state index is 12.6. The molecule has 1 unspecified atom stereocenters. The van der Waals surface area contributed by atoms with Crippen molar-refractivity contribution in [2.45, 2.75) is 58.4 Å². The highest BCUT2D eigenvalue weighted by molar-refractivity contribution is 5.95. The fourth-order valence-corrected chi connectivity index (χ4v) is 2.79. The number of amides is 4. The minimum atomic E-state index is -0.969. The topological polar surface area (TPSA) is 113 Å². The van der Waals surface area contributed by atoms with Crippen LogP contribution in [-0.2, 0) is 16.0 Å². The largest absolute Gasteiger partial charge is 0.366 e. The molecule has 0 heterocycles. The van der Waals surface area contributed by atoms with Crippen LogP contribution in [0.2, 0.25) is 0 Å². The summed E-state index contributed by atoms with van der Waals surface area (Å²) in [5, 5.41) is 8.19. The number of rotatable bonds is 13. The third-order valence-electron chi connectivity index (χ3n) is 4.51. The van der Waals surface area contributed by atoms with Gasteiger partial charge in [-0.25, -0.2) is 4.79 Å². The lowest BCUT2D eigenvalue weighted by Crippen LogP contribution is -2.50. The van der Waals surface area contributed by atoms with Crippen LogP contribution in [0.3, 0.4) is 0 Å². The van der Waals surface area contributed by atoms with Crippen LogP contribution in [0.5, 0.6) is 0 Å². The van der Waals surface area contributed by atoms with Gasteiger partial charge in [-0.1, -0.05) is 63.4 Å². The summed E-state index contributed by atoms with van der Waals surface area (Å²) in [6.07, 6.45) is 6.64. The summed E-state index contributed by atoms with van der Waals surface area (Å²) < 4.78 is 0. The van der Waals surface area contributed by atoms with Crippen molar-refractivity contribution in [1.82, 2.24) is 16.0 Å². The highest BCUT2D eigenvalue weighted by Crippen LogP contribution is 2.03. The van der Waals surface area contributed by atoms with Crippen molar-refractivity contribution >= 4 is 17.8 Å². The van der Waals surface area contributed by atoms with Gasteiger partial charge < -0.3 is 21.7 Å². The molecule has 160 valence electrons. The van der Waals surface area contributed by atoms with Crippen LogP contribution < -0.4 is 21.7 Å². The molecule has 1 aromatic rings. The summed E-state index contributed by atoms with van der Waals surface area (Å²) in [5.74, 6) is -0.981. The van der Waals surface area contributed by atoms with Crippen molar-refractivity contribution in [1.29, 1.82) is 0 Å². The second-order valence-electron chi connectivity index (χ2n) is 6.87. The van der Waals surface area contributed by atoms with Crippen molar-refractivity contribution < 1.29 is 14.4 Å². The van der Waals surface area contributed by atoms with E-state index in [0.717, 1.165) is 31.2 Å². The zero-order valence-corrected chi connectivity index (χ0v) is 17.5. The first-order chi connectivity index (χ1) is 14.0. The molecule has 0 bridgehead atoms. The third-order valence-corrected chi connectivity index (χ3v) is 4.51. The molecule has 29 heavy (non-hydrogen) atoms. The Bertz CT molecular complexity index is 674. The molecule has 5 N–H and O–H groups in total. The maximum absolute atomic E-state index is 12.6.